The number of hydrogen-bond donors (Lipinski definition) is 0. The van der Waals surface area contributed by atoms with Crippen LogP contribution in [-0.4, -0.2) is 37.1 Å². The summed E-state index contributed by atoms with van der Waals surface area (Å²) in [5.41, 5.74) is 0. The SMILES string of the molecule is CCC1CCCN(C(C)C(C)C(=O)OC)CC1. The van der Waals surface area contributed by atoms with Crippen molar-refractivity contribution in [2.75, 3.05) is 20.2 Å². The maximum absolute atomic E-state index is 11.6. The molecule has 1 heterocycles. The largest absolute Gasteiger partial charge is 0.469 e. The molecule has 1 fully saturated rings. The number of carbonyl (C=O) groups is 1. The van der Waals surface area contributed by atoms with Crippen LogP contribution in [0.15, 0.2) is 0 Å². The van der Waals surface area contributed by atoms with Crippen molar-refractivity contribution in [1.82, 2.24) is 4.90 Å². The van der Waals surface area contributed by atoms with Gasteiger partial charge in [-0.2, -0.15) is 0 Å². The summed E-state index contributed by atoms with van der Waals surface area (Å²) < 4.78 is 4.83. The standard InChI is InChI=1S/C14H27NO2/c1-5-13-7-6-9-15(10-8-13)12(3)11(2)14(16)17-4/h11-13H,5-10H2,1-4H3. The number of nitrogens with zero attached hydrogens (tertiary/aromatic N) is 1. The van der Waals surface area contributed by atoms with Gasteiger partial charge in [-0.1, -0.05) is 20.3 Å². The predicted molar refractivity (Wildman–Crippen MR) is 69.8 cm³/mol. The Kier molecular flexibility index (Phi) is 5.96. The van der Waals surface area contributed by atoms with E-state index in [1.807, 2.05) is 6.92 Å². The number of hydrogen-bond acceptors (Lipinski definition) is 3. The minimum Gasteiger partial charge on any atom is -0.469 e. The lowest BCUT2D eigenvalue weighted by Gasteiger charge is -2.30. The summed E-state index contributed by atoms with van der Waals surface area (Å²) >= 11 is 0. The van der Waals surface area contributed by atoms with E-state index in [1.54, 1.807) is 0 Å². The van der Waals surface area contributed by atoms with Crippen LogP contribution in [0.1, 0.15) is 46.5 Å². The van der Waals surface area contributed by atoms with Gasteiger partial charge in [-0.3, -0.25) is 9.69 Å². The first-order valence-electron chi connectivity index (χ1n) is 6.92. The fourth-order valence-electron chi connectivity index (χ4n) is 2.70. The fourth-order valence-corrected chi connectivity index (χ4v) is 2.70. The zero-order valence-electron chi connectivity index (χ0n) is 11.7. The molecule has 0 aromatic rings. The van der Waals surface area contributed by atoms with E-state index >= 15 is 0 Å². The second-order valence-corrected chi connectivity index (χ2v) is 5.29. The zero-order valence-corrected chi connectivity index (χ0v) is 11.7. The molecule has 0 saturated carbocycles. The Morgan fingerprint density at radius 1 is 1.35 bits per heavy atom. The minimum atomic E-state index is -0.0891. The van der Waals surface area contributed by atoms with Crippen LogP contribution in [-0.2, 0) is 9.53 Å². The van der Waals surface area contributed by atoms with Crippen molar-refractivity contribution in [3.05, 3.63) is 0 Å². The van der Waals surface area contributed by atoms with Crippen LogP contribution >= 0.6 is 0 Å². The molecule has 3 unspecified atom stereocenters. The molecule has 0 bridgehead atoms. The summed E-state index contributed by atoms with van der Waals surface area (Å²) in [4.78, 5) is 14.0. The monoisotopic (exact) mass is 241 g/mol. The highest BCUT2D eigenvalue weighted by molar-refractivity contribution is 5.72. The first-order valence-corrected chi connectivity index (χ1v) is 6.92. The molecule has 0 aromatic carbocycles. The van der Waals surface area contributed by atoms with E-state index in [0.717, 1.165) is 19.0 Å². The summed E-state index contributed by atoms with van der Waals surface area (Å²) in [6, 6.07) is 0.290. The highest BCUT2D eigenvalue weighted by Gasteiger charge is 2.27. The predicted octanol–water partition coefficient (Wildman–Crippen LogP) is 2.70. The van der Waals surface area contributed by atoms with Gasteiger partial charge in [0.05, 0.1) is 13.0 Å². The molecule has 17 heavy (non-hydrogen) atoms. The van der Waals surface area contributed by atoms with Gasteiger partial charge in [-0.05, 0) is 45.2 Å². The van der Waals surface area contributed by atoms with Gasteiger partial charge in [0, 0.05) is 6.04 Å². The number of likely N-dealkylation sites (tertiary alicyclic amines) is 1. The van der Waals surface area contributed by atoms with E-state index in [1.165, 1.54) is 32.8 Å². The summed E-state index contributed by atoms with van der Waals surface area (Å²) in [6.45, 7) is 8.65. The molecule has 0 aliphatic carbocycles. The summed E-state index contributed by atoms with van der Waals surface area (Å²) in [7, 11) is 1.47. The Labute approximate surface area is 106 Å². The average molecular weight is 241 g/mol. The van der Waals surface area contributed by atoms with Crippen molar-refractivity contribution in [3.63, 3.8) is 0 Å². The van der Waals surface area contributed by atoms with Gasteiger partial charge in [0.1, 0.15) is 0 Å². The summed E-state index contributed by atoms with van der Waals surface area (Å²) in [5.74, 6) is 0.757. The van der Waals surface area contributed by atoms with Crippen LogP contribution in [0, 0.1) is 11.8 Å². The maximum Gasteiger partial charge on any atom is 0.309 e. The van der Waals surface area contributed by atoms with Crippen molar-refractivity contribution in [3.8, 4) is 0 Å². The molecule has 0 spiro atoms. The van der Waals surface area contributed by atoms with Crippen LogP contribution in [0.3, 0.4) is 0 Å². The third kappa shape index (κ3) is 3.98. The first-order chi connectivity index (χ1) is 8.10. The van der Waals surface area contributed by atoms with Crippen LogP contribution in [0.2, 0.25) is 0 Å². The van der Waals surface area contributed by atoms with Crippen molar-refractivity contribution in [1.29, 1.82) is 0 Å². The molecular weight excluding hydrogens is 214 g/mol. The van der Waals surface area contributed by atoms with Crippen LogP contribution in [0.5, 0.6) is 0 Å². The molecule has 3 atom stereocenters. The van der Waals surface area contributed by atoms with Crippen molar-refractivity contribution >= 4 is 5.97 Å². The van der Waals surface area contributed by atoms with E-state index in [2.05, 4.69) is 18.7 Å². The quantitative estimate of drug-likeness (QED) is 0.709. The minimum absolute atomic E-state index is 0.0295. The smallest absolute Gasteiger partial charge is 0.309 e. The van der Waals surface area contributed by atoms with Crippen LogP contribution in [0.4, 0.5) is 0 Å². The Morgan fingerprint density at radius 2 is 2.06 bits per heavy atom. The highest BCUT2D eigenvalue weighted by atomic mass is 16.5. The maximum atomic E-state index is 11.6. The molecule has 1 saturated heterocycles. The van der Waals surface area contributed by atoms with E-state index in [-0.39, 0.29) is 17.9 Å². The van der Waals surface area contributed by atoms with E-state index in [0.29, 0.717) is 0 Å². The van der Waals surface area contributed by atoms with Gasteiger partial charge >= 0.3 is 5.97 Å². The molecule has 0 N–H and O–H groups in total. The normalized spacial score (nSPS) is 26.0. The Bertz CT molecular complexity index is 242. The Morgan fingerprint density at radius 3 is 2.65 bits per heavy atom. The van der Waals surface area contributed by atoms with Crippen molar-refractivity contribution in [2.45, 2.75) is 52.5 Å². The number of methoxy groups -OCH3 is 1. The van der Waals surface area contributed by atoms with Gasteiger partial charge in [-0.15, -0.1) is 0 Å². The highest BCUT2D eigenvalue weighted by Crippen LogP contribution is 2.23. The van der Waals surface area contributed by atoms with Gasteiger partial charge in [0.15, 0.2) is 0 Å². The van der Waals surface area contributed by atoms with Crippen LogP contribution in [0.25, 0.3) is 0 Å². The topological polar surface area (TPSA) is 29.5 Å². The lowest BCUT2D eigenvalue weighted by atomic mass is 9.98. The van der Waals surface area contributed by atoms with E-state index in [4.69, 9.17) is 4.74 Å². The van der Waals surface area contributed by atoms with Crippen molar-refractivity contribution in [2.24, 2.45) is 11.8 Å². The molecule has 0 aromatic heterocycles. The number of ether oxygens (including phenoxy) is 1. The average Bonchev–Trinajstić information content (AvgIpc) is 2.61. The molecule has 0 amide bonds. The molecule has 1 rings (SSSR count). The second-order valence-electron chi connectivity index (χ2n) is 5.29. The van der Waals surface area contributed by atoms with Gasteiger partial charge in [-0.25, -0.2) is 0 Å². The van der Waals surface area contributed by atoms with Gasteiger partial charge in [0.2, 0.25) is 0 Å². The molecule has 1 aliphatic heterocycles. The van der Waals surface area contributed by atoms with Crippen molar-refractivity contribution < 1.29 is 9.53 Å². The van der Waals surface area contributed by atoms with Gasteiger partial charge < -0.3 is 4.74 Å². The number of rotatable bonds is 4. The molecule has 0 radical (unpaired) electrons. The molecule has 100 valence electrons. The molecular formula is C14H27NO2. The summed E-state index contributed by atoms with van der Waals surface area (Å²) in [6.07, 6.45) is 5.16. The zero-order chi connectivity index (χ0) is 12.8. The number of carbonyl (C=O) groups excluding carboxylic acids is 1. The Balaban J connectivity index is 2.51. The second kappa shape index (κ2) is 7.00. The van der Waals surface area contributed by atoms with E-state index < -0.39 is 0 Å². The third-order valence-corrected chi connectivity index (χ3v) is 4.33. The third-order valence-electron chi connectivity index (χ3n) is 4.33. The van der Waals surface area contributed by atoms with E-state index in [9.17, 15) is 4.79 Å². The Hall–Kier alpha value is -0.570. The van der Waals surface area contributed by atoms with Gasteiger partial charge in [0.25, 0.3) is 0 Å². The lowest BCUT2D eigenvalue weighted by molar-refractivity contribution is -0.147. The molecule has 3 nitrogen and oxygen atoms in total. The fraction of sp³-hybridized carbons (Fsp3) is 0.929. The molecule has 3 heteroatoms. The van der Waals surface area contributed by atoms with Crippen LogP contribution < -0.4 is 0 Å². The number of esters is 1. The molecule has 1 aliphatic rings. The first kappa shape index (κ1) is 14.5. The summed E-state index contributed by atoms with van der Waals surface area (Å²) in [5, 5.41) is 0. The lowest BCUT2D eigenvalue weighted by Crippen LogP contribution is -2.41.